The van der Waals surface area contributed by atoms with Crippen molar-refractivity contribution in [2.75, 3.05) is 13.6 Å². The highest BCUT2D eigenvalue weighted by Gasteiger charge is 2.22. The van der Waals surface area contributed by atoms with E-state index in [0.717, 1.165) is 0 Å². The molecule has 14 heavy (non-hydrogen) atoms. The molecule has 0 aliphatic rings. The van der Waals surface area contributed by atoms with Gasteiger partial charge in [-0.3, -0.25) is 9.69 Å². The molecule has 0 spiro atoms. The third kappa shape index (κ3) is 5.19. The van der Waals surface area contributed by atoms with Crippen molar-refractivity contribution in [3.05, 3.63) is 0 Å². The number of aliphatic hydroxyl groups is 1. The topological polar surface area (TPSA) is 60.8 Å². The molecule has 4 heteroatoms. The average Bonchev–Trinajstić information content (AvgIpc) is 2.00. The molecule has 0 aromatic rings. The average molecular weight is 203 g/mol. The number of rotatable bonds is 6. The van der Waals surface area contributed by atoms with Crippen molar-refractivity contribution in [3.63, 3.8) is 0 Å². The van der Waals surface area contributed by atoms with E-state index in [4.69, 9.17) is 5.11 Å². The van der Waals surface area contributed by atoms with Crippen molar-refractivity contribution in [3.8, 4) is 0 Å². The quantitative estimate of drug-likeness (QED) is 0.674. The summed E-state index contributed by atoms with van der Waals surface area (Å²) in [6, 6.07) is -0.447. The van der Waals surface area contributed by atoms with E-state index in [9.17, 15) is 9.90 Å². The highest BCUT2D eigenvalue weighted by atomic mass is 16.4. The largest absolute Gasteiger partial charge is 0.480 e. The maximum absolute atomic E-state index is 10.8. The summed E-state index contributed by atoms with van der Waals surface area (Å²) in [7, 11) is 1.77. The molecule has 0 amide bonds. The minimum absolute atomic E-state index is 0.447. The molecular weight excluding hydrogens is 182 g/mol. The number of nitrogens with zero attached hydrogens (tertiary/aromatic N) is 1. The van der Waals surface area contributed by atoms with Crippen molar-refractivity contribution >= 4 is 5.97 Å². The van der Waals surface area contributed by atoms with Gasteiger partial charge < -0.3 is 10.2 Å². The van der Waals surface area contributed by atoms with Crippen LogP contribution in [0.3, 0.4) is 0 Å². The summed E-state index contributed by atoms with van der Waals surface area (Å²) in [5.74, 6) is -0.800. The molecule has 0 bridgehead atoms. The number of carboxylic acid groups (broad SMARTS) is 1. The molecule has 0 aliphatic heterocycles. The molecule has 2 N–H and O–H groups in total. The lowest BCUT2D eigenvalue weighted by Crippen LogP contribution is -2.40. The van der Waals surface area contributed by atoms with Crippen LogP contribution in [0.25, 0.3) is 0 Å². The van der Waals surface area contributed by atoms with Gasteiger partial charge in [-0.1, -0.05) is 6.92 Å². The third-order valence-corrected chi connectivity index (χ3v) is 2.28. The SMILES string of the molecule is CCC(C(=O)O)N(C)CCC(C)(C)O. The van der Waals surface area contributed by atoms with Gasteiger partial charge in [0, 0.05) is 6.54 Å². The fraction of sp³-hybridized carbons (Fsp3) is 0.900. The first-order valence-corrected chi connectivity index (χ1v) is 4.93. The zero-order valence-corrected chi connectivity index (χ0v) is 9.45. The number of likely N-dealkylation sites (N-methyl/N-ethyl adjacent to an activating group) is 1. The van der Waals surface area contributed by atoms with Crippen molar-refractivity contribution < 1.29 is 15.0 Å². The van der Waals surface area contributed by atoms with Crippen LogP contribution in [0.15, 0.2) is 0 Å². The molecule has 1 atom stereocenters. The van der Waals surface area contributed by atoms with Crippen LogP contribution >= 0.6 is 0 Å². The van der Waals surface area contributed by atoms with Crippen LogP contribution in [-0.4, -0.2) is 46.3 Å². The summed E-state index contributed by atoms with van der Waals surface area (Å²) in [6.07, 6.45) is 1.16. The predicted molar refractivity (Wildman–Crippen MR) is 55.3 cm³/mol. The first-order chi connectivity index (χ1) is 6.28. The number of carboxylic acids is 1. The van der Waals surface area contributed by atoms with Crippen molar-refractivity contribution in [1.29, 1.82) is 0 Å². The Kier molecular flexibility index (Phi) is 5.08. The number of aliphatic carboxylic acids is 1. The molecule has 1 unspecified atom stereocenters. The monoisotopic (exact) mass is 203 g/mol. The Balaban J connectivity index is 4.05. The van der Waals surface area contributed by atoms with E-state index in [0.29, 0.717) is 19.4 Å². The summed E-state index contributed by atoms with van der Waals surface area (Å²) in [5, 5.41) is 18.4. The van der Waals surface area contributed by atoms with Gasteiger partial charge in [0.25, 0.3) is 0 Å². The summed E-state index contributed by atoms with van der Waals surface area (Å²) in [5.41, 5.74) is -0.731. The van der Waals surface area contributed by atoms with E-state index in [1.54, 1.807) is 25.8 Å². The van der Waals surface area contributed by atoms with Gasteiger partial charge in [0.2, 0.25) is 0 Å². The standard InChI is InChI=1S/C10H21NO3/c1-5-8(9(12)13)11(4)7-6-10(2,3)14/h8,14H,5-7H2,1-4H3,(H,12,13). The van der Waals surface area contributed by atoms with Crippen LogP contribution in [0.1, 0.15) is 33.6 Å². The second-order valence-electron chi connectivity index (χ2n) is 4.31. The maximum atomic E-state index is 10.8. The highest BCUT2D eigenvalue weighted by Crippen LogP contribution is 2.10. The smallest absolute Gasteiger partial charge is 0.320 e. The van der Waals surface area contributed by atoms with Gasteiger partial charge in [0.1, 0.15) is 6.04 Å². The number of hydrogen-bond donors (Lipinski definition) is 2. The van der Waals surface area contributed by atoms with Crippen molar-refractivity contribution in [2.24, 2.45) is 0 Å². The maximum Gasteiger partial charge on any atom is 0.320 e. The minimum atomic E-state index is -0.800. The van der Waals surface area contributed by atoms with Gasteiger partial charge in [-0.15, -0.1) is 0 Å². The third-order valence-electron chi connectivity index (χ3n) is 2.28. The molecule has 84 valence electrons. The molecule has 0 fully saturated rings. The molecule has 0 rings (SSSR count). The Morgan fingerprint density at radius 1 is 1.50 bits per heavy atom. The van der Waals surface area contributed by atoms with Gasteiger partial charge in [-0.05, 0) is 33.7 Å². The number of carbonyl (C=O) groups is 1. The van der Waals surface area contributed by atoms with Gasteiger partial charge in [-0.25, -0.2) is 0 Å². The second kappa shape index (κ2) is 5.32. The van der Waals surface area contributed by atoms with E-state index in [1.165, 1.54) is 0 Å². The second-order valence-corrected chi connectivity index (χ2v) is 4.31. The van der Waals surface area contributed by atoms with Crippen molar-refractivity contribution in [1.82, 2.24) is 4.90 Å². The van der Waals surface area contributed by atoms with Gasteiger partial charge in [0.15, 0.2) is 0 Å². The Morgan fingerprint density at radius 2 is 2.00 bits per heavy atom. The Labute approximate surface area is 85.5 Å². The zero-order chi connectivity index (χ0) is 11.4. The summed E-state index contributed by atoms with van der Waals surface area (Å²) in [4.78, 5) is 12.6. The summed E-state index contributed by atoms with van der Waals surface area (Å²) >= 11 is 0. The molecule has 0 aromatic heterocycles. The lowest BCUT2D eigenvalue weighted by Gasteiger charge is -2.26. The summed E-state index contributed by atoms with van der Waals surface area (Å²) < 4.78 is 0. The molecule has 0 aliphatic carbocycles. The van der Waals surface area contributed by atoms with Gasteiger partial charge in [0.05, 0.1) is 5.60 Å². The van der Waals surface area contributed by atoms with E-state index >= 15 is 0 Å². The lowest BCUT2D eigenvalue weighted by atomic mass is 10.0. The molecule has 0 aromatic carbocycles. The molecule has 0 saturated heterocycles. The predicted octanol–water partition coefficient (Wildman–Crippen LogP) is 0.942. The van der Waals surface area contributed by atoms with Crippen LogP contribution in [0.2, 0.25) is 0 Å². The Morgan fingerprint density at radius 3 is 2.29 bits per heavy atom. The first-order valence-electron chi connectivity index (χ1n) is 4.93. The van der Waals surface area contributed by atoms with Crippen LogP contribution in [0.4, 0.5) is 0 Å². The van der Waals surface area contributed by atoms with Gasteiger partial charge in [-0.2, -0.15) is 0 Å². The fourth-order valence-electron chi connectivity index (χ4n) is 1.28. The van der Waals surface area contributed by atoms with Crippen LogP contribution in [0.5, 0.6) is 0 Å². The van der Waals surface area contributed by atoms with E-state index in [2.05, 4.69) is 0 Å². The Bertz CT molecular complexity index is 186. The molecule has 0 saturated carbocycles. The van der Waals surface area contributed by atoms with E-state index < -0.39 is 17.6 Å². The van der Waals surface area contributed by atoms with E-state index in [-0.39, 0.29) is 0 Å². The van der Waals surface area contributed by atoms with Crippen molar-refractivity contribution in [2.45, 2.75) is 45.3 Å². The molecule has 0 heterocycles. The fourth-order valence-corrected chi connectivity index (χ4v) is 1.28. The van der Waals surface area contributed by atoms with Crippen LogP contribution in [0, 0.1) is 0 Å². The first kappa shape index (κ1) is 13.4. The molecular formula is C10H21NO3. The van der Waals surface area contributed by atoms with Crippen LogP contribution in [-0.2, 0) is 4.79 Å². The normalized spacial score (nSPS) is 14.4. The summed E-state index contributed by atoms with van der Waals surface area (Å²) in [6.45, 7) is 5.89. The lowest BCUT2D eigenvalue weighted by molar-refractivity contribution is -0.143. The Hall–Kier alpha value is -0.610. The minimum Gasteiger partial charge on any atom is -0.480 e. The van der Waals surface area contributed by atoms with E-state index in [1.807, 2.05) is 6.92 Å². The number of hydrogen-bond acceptors (Lipinski definition) is 3. The highest BCUT2D eigenvalue weighted by molar-refractivity contribution is 5.73. The zero-order valence-electron chi connectivity index (χ0n) is 9.45. The molecule has 4 nitrogen and oxygen atoms in total. The molecule has 0 radical (unpaired) electrons. The van der Waals surface area contributed by atoms with Crippen LogP contribution < -0.4 is 0 Å². The van der Waals surface area contributed by atoms with Gasteiger partial charge >= 0.3 is 5.97 Å².